The molecule has 7 rings (SSSR count). The molecule has 0 unspecified atom stereocenters. The number of hydrogen-bond acceptors (Lipinski definition) is 7. The fourth-order valence-corrected chi connectivity index (χ4v) is 6.47. The van der Waals surface area contributed by atoms with Crippen LogP contribution in [-0.2, 0) is 16.2 Å². The Morgan fingerprint density at radius 2 is 1.94 bits per heavy atom. The Bertz CT molecular complexity index is 1220. The van der Waals surface area contributed by atoms with E-state index in [1.54, 1.807) is 0 Å². The molecule has 2 bridgehead atoms. The Kier molecular flexibility index (Phi) is 6.29. The van der Waals surface area contributed by atoms with Crippen molar-refractivity contribution in [2.75, 3.05) is 36.6 Å². The summed E-state index contributed by atoms with van der Waals surface area (Å²) in [5.74, 6) is 1.50. The predicted octanol–water partition coefficient (Wildman–Crippen LogP) is 4.40. The largest absolute Gasteiger partial charge is 0.381 e. The summed E-state index contributed by atoms with van der Waals surface area (Å²) < 4.78 is 15.4. The van der Waals surface area contributed by atoms with E-state index in [0.717, 1.165) is 68.1 Å². The second kappa shape index (κ2) is 9.46. The Hall–Kier alpha value is -2.43. The van der Waals surface area contributed by atoms with Crippen LogP contribution in [0.5, 0.6) is 0 Å². The van der Waals surface area contributed by atoms with Gasteiger partial charge in [-0.3, -0.25) is 0 Å². The SMILES string of the molecule is Cc1nn(COCC[Si](C)(C)C)cc1-c1ccn2nc(NC3CCOCC3)nc2c1N1CC2CC1C2. The molecule has 4 fully saturated rings. The first-order chi connectivity index (χ1) is 17.3. The van der Waals surface area contributed by atoms with Crippen molar-refractivity contribution in [2.45, 2.75) is 77.1 Å². The number of aromatic nitrogens is 5. The predicted molar refractivity (Wildman–Crippen MR) is 144 cm³/mol. The van der Waals surface area contributed by atoms with Crippen molar-refractivity contribution in [1.29, 1.82) is 0 Å². The number of aryl methyl sites for hydroxylation is 1. The van der Waals surface area contributed by atoms with Crippen LogP contribution >= 0.6 is 0 Å². The molecule has 3 aromatic heterocycles. The molecular formula is C26H39N7O2Si. The quantitative estimate of drug-likeness (QED) is 0.338. The molecule has 6 heterocycles. The van der Waals surface area contributed by atoms with Crippen LogP contribution in [0.25, 0.3) is 16.8 Å². The lowest BCUT2D eigenvalue weighted by Gasteiger charge is -2.28. The molecule has 194 valence electrons. The summed E-state index contributed by atoms with van der Waals surface area (Å²) in [6.07, 6.45) is 8.72. The zero-order chi connectivity index (χ0) is 24.9. The van der Waals surface area contributed by atoms with Gasteiger partial charge in [0.1, 0.15) is 6.73 Å². The highest BCUT2D eigenvalue weighted by Crippen LogP contribution is 2.47. The molecule has 0 aromatic carbocycles. The van der Waals surface area contributed by atoms with Gasteiger partial charge < -0.3 is 19.7 Å². The fraction of sp³-hybridized carbons (Fsp3) is 0.654. The molecule has 0 atom stereocenters. The lowest BCUT2D eigenvalue weighted by Crippen LogP contribution is -2.29. The van der Waals surface area contributed by atoms with Crippen LogP contribution in [0.4, 0.5) is 11.6 Å². The highest BCUT2D eigenvalue weighted by atomic mass is 28.3. The van der Waals surface area contributed by atoms with Crippen LogP contribution in [0.2, 0.25) is 25.7 Å². The van der Waals surface area contributed by atoms with Gasteiger partial charge in [-0.15, -0.1) is 5.10 Å². The third kappa shape index (κ3) is 4.78. The molecule has 9 nitrogen and oxygen atoms in total. The normalized spacial score (nSPS) is 22.4. The van der Waals surface area contributed by atoms with Crippen LogP contribution in [-0.4, -0.2) is 70.9 Å². The Labute approximate surface area is 214 Å². The molecule has 1 N–H and O–H groups in total. The molecular weight excluding hydrogens is 470 g/mol. The maximum absolute atomic E-state index is 5.98. The second-order valence-electron chi connectivity index (χ2n) is 12.0. The molecule has 0 amide bonds. The molecule has 3 aromatic rings. The molecule has 10 heteroatoms. The first-order valence-corrected chi connectivity index (χ1v) is 17.2. The standard InChI is InChI=1S/C26H39N7O2Si/c1-18-23(16-31(29-18)17-35-11-12-36(2,3)4)22-5-8-33-25(24(22)32-15-19-13-21(32)14-19)28-26(30-33)27-20-6-9-34-10-7-20/h5,8,16,19-21H,6-7,9-15,17H2,1-4H3,(H,27,30). The minimum atomic E-state index is -1.10. The van der Waals surface area contributed by atoms with Gasteiger partial charge in [0.15, 0.2) is 5.65 Å². The first kappa shape index (κ1) is 23.9. The molecule has 36 heavy (non-hydrogen) atoms. The number of ether oxygens (including phenoxy) is 2. The lowest BCUT2D eigenvalue weighted by atomic mass is 9.86. The smallest absolute Gasteiger partial charge is 0.243 e. The minimum absolute atomic E-state index is 0.361. The van der Waals surface area contributed by atoms with E-state index in [1.807, 2.05) is 15.4 Å². The van der Waals surface area contributed by atoms with Gasteiger partial charge in [-0.25, -0.2) is 9.20 Å². The van der Waals surface area contributed by atoms with E-state index in [9.17, 15) is 0 Å². The Morgan fingerprint density at radius 3 is 2.67 bits per heavy atom. The highest BCUT2D eigenvalue weighted by molar-refractivity contribution is 6.76. The number of pyridine rings is 1. The summed E-state index contributed by atoms with van der Waals surface area (Å²) >= 11 is 0. The van der Waals surface area contributed by atoms with Crippen molar-refractivity contribution in [3.05, 3.63) is 24.2 Å². The Balaban J connectivity index is 1.31. The average Bonchev–Trinajstić information content (AvgIpc) is 3.58. The molecule has 1 saturated carbocycles. The maximum atomic E-state index is 5.98. The van der Waals surface area contributed by atoms with E-state index >= 15 is 0 Å². The first-order valence-electron chi connectivity index (χ1n) is 13.5. The van der Waals surface area contributed by atoms with Gasteiger partial charge in [0.25, 0.3) is 0 Å². The number of anilines is 2. The van der Waals surface area contributed by atoms with Crippen molar-refractivity contribution >= 4 is 25.4 Å². The van der Waals surface area contributed by atoms with Gasteiger partial charge >= 0.3 is 0 Å². The van der Waals surface area contributed by atoms with Gasteiger partial charge in [0.2, 0.25) is 5.95 Å². The summed E-state index contributed by atoms with van der Waals surface area (Å²) in [5.41, 5.74) is 5.46. The topological polar surface area (TPSA) is 81.7 Å². The van der Waals surface area contributed by atoms with E-state index in [1.165, 1.54) is 24.1 Å². The van der Waals surface area contributed by atoms with Crippen molar-refractivity contribution < 1.29 is 9.47 Å². The third-order valence-electron chi connectivity index (χ3n) is 7.89. The molecule has 0 radical (unpaired) electrons. The molecule has 4 aliphatic rings. The zero-order valence-electron chi connectivity index (χ0n) is 22.0. The lowest BCUT2D eigenvalue weighted by molar-refractivity contribution is 0.0784. The zero-order valence-corrected chi connectivity index (χ0v) is 23.0. The molecule has 1 aliphatic carbocycles. The van der Waals surface area contributed by atoms with E-state index in [-0.39, 0.29) is 0 Å². The van der Waals surface area contributed by atoms with Gasteiger partial charge in [0.05, 0.1) is 11.4 Å². The molecule has 3 saturated heterocycles. The average molecular weight is 510 g/mol. The number of nitrogens with zero attached hydrogens (tertiary/aromatic N) is 6. The summed E-state index contributed by atoms with van der Waals surface area (Å²) in [5, 5.41) is 13.1. The van der Waals surface area contributed by atoms with E-state index in [2.05, 4.69) is 49.0 Å². The van der Waals surface area contributed by atoms with E-state index < -0.39 is 8.07 Å². The molecule has 0 spiro atoms. The monoisotopic (exact) mass is 509 g/mol. The van der Waals surface area contributed by atoms with Gasteiger partial charge in [-0.05, 0) is 50.6 Å². The van der Waals surface area contributed by atoms with Crippen molar-refractivity contribution in [1.82, 2.24) is 24.4 Å². The van der Waals surface area contributed by atoms with Gasteiger partial charge in [-0.1, -0.05) is 19.6 Å². The number of nitrogens with one attached hydrogen (secondary N) is 1. The van der Waals surface area contributed by atoms with Crippen LogP contribution in [0, 0.1) is 12.8 Å². The van der Waals surface area contributed by atoms with Crippen molar-refractivity contribution in [3.8, 4) is 11.1 Å². The van der Waals surface area contributed by atoms with Crippen LogP contribution in [0.3, 0.4) is 0 Å². The summed E-state index contributed by atoms with van der Waals surface area (Å²) in [4.78, 5) is 7.59. The van der Waals surface area contributed by atoms with E-state index in [4.69, 9.17) is 24.7 Å². The molecule has 3 aliphatic heterocycles. The number of hydrogen-bond donors (Lipinski definition) is 1. The summed E-state index contributed by atoms with van der Waals surface area (Å²) in [6.45, 7) is 13.2. The third-order valence-corrected chi connectivity index (χ3v) is 9.59. The minimum Gasteiger partial charge on any atom is -0.381 e. The van der Waals surface area contributed by atoms with Crippen LogP contribution < -0.4 is 10.2 Å². The summed E-state index contributed by atoms with van der Waals surface area (Å²) in [6, 6.07) is 4.31. The van der Waals surface area contributed by atoms with E-state index in [0.29, 0.717) is 24.8 Å². The van der Waals surface area contributed by atoms with Gasteiger partial charge in [-0.2, -0.15) is 10.1 Å². The van der Waals surface area contributed by atoms with Crippen molar-refractivity contribution in [3.63, 3.8) is 0 Å². The maximum Gasteiger partial charge on any atom is 0.243 e. The fourth-order valence-electron chi connectivity index (χ4n) is 5.71. The highest BCUT2D eigenvalue weighted by Gasteiger charge is 2.44. The van der Waals surface area contributed by atoms with Crippen molar-refractivity contribution in [2.24, 2.45) is 5.92 Å². The van der Waals surface area contributed by atoms with Gasteiger partial charge in [0, 0.05) is 70.0 Å². The van der Waals surface area contributed by atoms with Crippen LogP contribution in [0.1, 0.15) is 31.4 Å². The number of fused-ring (bicyclic) bond motifs is 2. The second-order valence-corrected chi connectivity index (χ2v) is 17.6. The Morgan fingerprint density at radius 1 is 1.14 bits per heavy atom. The summed E-state index contributed by atoms with van der Waals surface area (Å²) in [7, 11) is -1.10. The van der Waals surface area contributed by atoms with Crippen LogP contribution in [0.15, 0.2) is 18.5 Å². The number of rotatable bonds is 9.